The van der Waals surface area contributed by atoms with E-state index in [4.69, 9.17) is 0 Å². The monoisotopic (exact) mass is 297 g/mol. The van der Waals surface area contributed by atoms with Crippen LogP contribution in [-0.4, -0.2) is 22.7 Å². The highest BCUT2D eigenvalue weighted by molar-refractivity contribution is 5.91. The number of phenolic OH excluding ortho intramolecular Hbond substituents is 2. The summed E-state index contributed by atoms with van der Waals surface area (Å²) in [4.78, 5) is 11.7. The third-order valence-corrected chi connectivity index (χ3v) is 3.35. The molecule has 1 amide bonds. The van der Waals surface area contributed by atoms with Gasteiger partial charge in [0.2, 0.25) is 5.91 Å². The Morgan fingerprint density at radius 1 is 1.14 bits per heavy atom. The third-order valence-electron chi connectivity index (χ3n) is 3.35. The summed E-state index contributed by atoms with van der Waals surface area (Å²) < 4.78 is 0. The van der Waals surface area contributed by atoms with E-state index < -0.39 is 0 Å². The fraction of sp³-hybridized carbons (Fsp3) is 0.167. The van der Waals surface area contributed by atoms with Gasteiger partial charge in [0.1, 0.15) is 0 Å². The van der Waals surface area contributed by atoms with Gasteiger partial charge in [-0.3, -0.25) is 4.79 Å². The molecule has 2 rings (SSSR count). The van der Waals surface area contributed by atoms with Gasteiger partial charge < -0.3 is 15.5 Å². The minimum atomic E-state index is -0.162. The van der Waals surface area contributed by atoms with Gasteiger partial charge in [-0.05, 0) is 48.2 Å². The van der Waals surface area contributed by atoms with Crippen LogP contribution in [0, 0.1) is 6.92 Å². The number of hydrogen-bond acceptors (Lipinski definition) is 3. The third kappa shape index (κ3) is 4.38. The van der Waals surface area contributed by atoms with E-state index in [1.165, 1.54) is 18.2 Å². The summed E-state index contributed by atoms with van der Waals surface area (Å²) in [5.41, 5.74) is 2.74. The number of aromatic hydroxyl groups is 2. The van der Waals surface area contributed by atoms with Gasteiger partial charge in [-0.2, -0.15) is 0 Å². The van der Waals surface area contributed by atoms with E-state index in [0.717, 1.165) is 16.7 Å². The molecule has 0 bridgehead atoms. The van der Waals surface area contributed by atoms with Crippen LogP contribution in [0.15, 0.2) is 48.5 Å². The summed E-state index contributed by atoms with van der Waals surface area (Å²) in [5.74, 6) is -0.434. The summed E-state index contributed by atoms with van der Waals surface area (Å²) >= 11 is 0. The molecule has 0 aromatic heterocycles. The Bertz CT molecular complexity index is 678. The predicted octanol–water partition coefficient (Wildman–Crippen LogP) is 2.78. The van der Waals surface area contributed by atoms with Crippen LogP contribution in [0.2, 0.25) is 0 Å². The number of nitrogens with one attached hydrogen (secondary N) is 1. The molecule has 0 spiro atoms. The Labute approximate surface area is 129 Å². The number of hydrogen-bond donors (Lipinski definition) is 3. The molecular formula is C18H19NO3. The van der Waals surface area contributed by atoms with Gasteiger partial charge in [0.15, 0.2) is 11.5 Å². The molecular weight excluding hydrogens is 278 g/mol. The maximum absolute atomic E-state index is 11.7. The largest absolute Gasteiger partial charge is 0.504 e. The van der Waals surface area contributed by atoms with E-state index in [1.807, 2.05) is 37.3 Å². The molecule has 114 valence electrons. The average Bonchev–Trinajstić information content (AvgIpc) is 2.51. The zero-order valence-corrected chi connectivity index (χ0v) is 12.4. The summed E-state index contributed by atoms with van der Waals surface area (Å²) in [6.07, 6.45) is 3.84. The van der Waals surface area contributed by atoms with Crippen molar-refractivity contribution in [2.75, 3.05) is 6.54 Å². The van der Waals surface area contributed by atoms with Gasteiger partial charge in [0.25, 0.3) is 0 Å². The number of amides is 1. The van der Waals surface area contributed by atoms with Crippen LogP contribution in [-0.2, 0) is 11.2 Å². The van der Waals surface area contributed by atoms with E-state index in [0.29, 0.717) is 13.0 Å². The lowest BCUT2D eigenvalue weighted by Gasteiger charge is -2.08. The molecule has 22 heavy (non-hydrogen) atoms. The molecule has 0 radical (unpaired) electrons. The lowest BCUT2D eigenvalue weighted by atomic mass is 10.0. The number of phenols is 2. The second kappa shape index (κ2) is 7.31. The van der Waals surface area contributed by atoms with Crippen LogP contribution in [0.25, 0.3) is 6.08 Å². The fourth-order valence-corrected chi connectivity index (χ4v) is 2.11. The van der Waals surface area contributed by atoms with Crippen LogP contribution in [0.3, 0.4) is 0 Å². The molecule has 0 fully saturated rings. The number of rotatable bonds is 5. The van der Waals surface area contributed by atoms with Crippen LogP contribution >= 0.6 is 0 Å². The van der Waals surface area contributed by atoms with Crippen molar-refractivity contribution in [2.45, 2.75) is 13.3 Å². The molecule has 2 aromatic carbocycles. The minimum absolute atomic E-state index is 0.129. The molecule has 0 saturated carbocycles. The average molecular weight is 297 g/mol. The van der Waals surface area contributed by atoms with E-state index in [1.54, 1.807) is 6.08 Å². The van der Waals surface area contributed by atoms with E-state index in [2.05, 4.69) is 5.32 Å². The zero-order valence-electron chi connectivity index (χ0n) is 12.4. The first-order chi connectivity index (χ1) is 10.6. The maximum atomic E-state index is 11.7. The second-order valence-electron chi connectivity index (χ2n) is 5.05. The van der Waals surface area contributed by atoms with Crippen molar-refractivity contribution in [3.8, 4) is 11.5 Å². The SMILES string of the molecule is Cc1cc(O)c(O)cc1CCNC(=O)/C=C/c1ccccc1. The Kier molecular flexibility index (Phi) is 5.20. The van der Waals surface area contributed by atoms with Crippen molar-refractivity contribution in [3.05, 3.63) is 65.2 Å². The summed E-state index contributed by atoms with van der Waals surface area (Å²) in [6.45, 7) is 2.31. The van der Waals surface area contributed by atoms with Gasteiger partial charge in [-0.15, -0.1) is 0 Å². The normalized spacial score (nSPS) is 10.8. The Morgan fingerprint density at radius 3 is 2.55 bits per heavy atom. The number of aryl methyl sites for hydroxylation is 1. The van der Waals surface area contributed by atoms with Crippen LogP contribution < -0.4 is 5.32 Å². The maximum Gasteiger partial charge on any atom is 0.244 e. The molecule has 0 unspecified atom stereocenters. The molecule has 0 atom stereocenters. The molecule has 0 aliphatic heterocycles. The van der Waals surface area contributed by atoms with Gasteiger partial charge in [0.05, 0.1) is 0 Å². The first kappa shape index (κ1) is 15.6. The van der Waals surface area contributed by atoms with E-state index in [-0.39, 0.29) is 17.4 Å². The van der Waals surface area contributed by atoms with Gasteiger partial charge in [-0.1, -0.05) is 30.3 Å². The number of benzene rings is 2. The molecule has 0 aliphatic rings. The van der Waals surface area contributed by atoms with Crippen LogP contribution in [0.1, 0.15) is 16.7 Å². The Hall–Kier alpha value is -2.75. The summed E-state index contributed by atoms with van der Waals surface area (Å²) in [6, 6.07) is 12.6. The highest BCUT2D eigenvalue weighted by Gasteiger charge is 2.05. The Balaban J connectivity index is 1.85. The van der Waals surface area contributed by atoms with Crippen LogP contribution in [0.5, 0.6) is 11.5 Å². The Morgan fingerprint density at radius 2 is 1.82 bits per heavy atom. The van der Waals surface area contributed by atoms with Gasteiger partial charge >= 0.3 is 0 Å². The van der Waals surface area contributed by atoms with Crippen molar-refractivity contribution >= 4 is 12.0 Å². The summed E-state index contributed by atoms with van der Waals surface area (Å²) in [5, 5.41) is 21.7. The fourth-order valence-electron chi connectivity index (χ4n) is 2.11. The highest BCUT2D eigenvalue weighted by atomic mass is 16.3. The van der Waals surface area contributed by atoms with Gasteiger partial charge in [-0.25, -0.2) is 0 Å². The second-order valence-corrected chi connectivity index (χ2v) is 5.05. The first-order valence-corrected chi connectivity index (χ1v) is 7.08. The molecule has 4 nitrogen and oxygen atoms in total. The summed E-state index contributed by atoms with van der Waals surface area (Å²) in [7, 11) is 0. The van der Waals surface area contributed by atoms with Crippen molar-refractivity contribution in [1.29, 1.82) is 0 Å². The zero-order chi connectivity index (χ0) is 15.9. The molecule has 0 aliphatic carbocycles. The van der Waals surface area contributed by atoms with Gasteiger partial charge in [0, 0.05) is 12.6 Å². The molecule has 0 saturated heterocycles. The van der Waals surface area contributed by atoms with E-state index in [9.17, 15) is 15.0 Å². The lowest BCUT2D eigenvalue weighted by molar-refractivity contribution is -0.116. The lowest BCUT2D eigenvalue weighted by Crippen LogP contribution is -2.23. The van der Waals surface area contributed by atoms with Crippen LogP contribution in [0.4, 0.5) is 0 Å². The number of carbonyl (C=O) groups excluding carboxylic acids is 1. The van der Waals surface area contributed by atoms with Crippen molar-refractivity contribution in [2.24, 2.45) is 0 Å². The molecule has 3 N–H and O–H groups in total. The quantitative estimate of drug-likeness (QED) is 0.587. The van der Waals surface area contributed by atoms with E-state index >= 15 is 0 Å². The molecule has 2 aromatic rings. The smallest absolute Gasteiger partial charge is 0.244 e. The number of carbonyl (C=O) groups is 1. The molecule has 4 heteroatoms. The van der Waals surface area contributed by atoms with Crippen molar-refractivity contribution in [3.63, 3.8) is 0 Å². The standard InChI is InChI=1S/C18H19NO3/c1-13-11-16(20)17(21)12-15(13)9-10-19-18(22)8-7-14-5-3-2-4-6-14/h2-8,11-12,20-21H,9-10H2,1H3,(H,19,22)/b8-7+. The van der Waals surface area contributed by atoms with Crippen molar-refractivity contribution < 1.29 is 15.0 Å². The predicted molar refractivity (Wildman–Crippen MR) is 86.7 cm³/mol. The molecule has 0 heterocycles. The topological polar surface area (TPSA) is 69.6 Å². The van der Waals surface area contributed by atoms with Crippen molar-refractivity contribution in [1.82, 2.24) is 5.32 Å². The minimum Gasteiger partial charge on any atom is -0.504 e. The highest BCUT2D eigenvalue weighted by Crippen LogP contribution is 2.27. The first-order valence-electron chi connectivity index (χ1n) is 7.08.